The molecular weight excluding hydrogens is 409 g/mol. The quantitative estimate of drug-likeness (QED) is 0.350. The minimum Gasteiger partial charge on any atom is -0.543 e. The standard InChI is InChI=1S/C23H19NO6.Na/c1-10(26)19-18-8-15(20(23(29)30)24(18)22(19)28)12-3-5-14-17(7-12)16-6-11(9-25)2-4-13(16)21(14)27;/h2-7,10,18-19,25-26H,8-9H2,1H3,(H,29,30);/q;+1/p-1/t10-,18-,19-;/m1./s1. The molecule has 0 aromatic heterocycles. The van der Waals surface area contributed by atoms with Gasteiger partial charge in [0.2, 0.25) is 5.91 Å². The summed E-state index contributed by atoms with van der Waals surface area (Å²) < 4.78 is 0. The molecule has 1 aliphatic carbocycles. The number of aliphatic hydroxyl groups excluding tert-OH is 2. The third kappa shape index (κ3) is 3.03. The van der Waals surface area contributed by atoms with Gasteiger partial charge in [-0.2, -0.15) is 0 Å². The molecule has 3 aliphatic rings. The van der Waals surface area contributed by atoms with Gasteiger partial charge in [-0.3, -0.25) is 9.59 Å². The first kappa shape index (κ1) is 21.9. The van der Waals surface area contributed by atoms with Crippen molar-refractivity contribution in [2.75, 3.05) is 0 Å². The van der Waals surface area contributed by atoms with Gasteiger partial charge in [0.15, 0.2) is 5.78 Å². The molecule has 0 bridgehead atoms. The van der Waals surface area contributed by atoms with E-state index in [1.165, 1.54) is 11.8 Å². The zero-order valence-corrected chi connectivity index (χ0v) is 19.1. The number of benzene rings is 2. The molecule has 0 saturated carbocycles. The number of hydrogen-bond donors (Lipinski definition) is 2. The van der Waals surface area contributed by atoms with Gasteiger partial charge in [0.25, 0.3) is 0 Å². The number of aliphatic carboxylic acids is 1. The molecule has 5 rings (SSSR count). The second-order valence-electron chi connectivity index (χ2n) is 7.99. The summed E-state index contributed by atoms with van der Waals surface area (Å²) in [5.74, 6) is -2.62. The topological polar surface area (TPSA) is 118 Å². The number of β-lactam (4-membered cyclic amide) rings is 1. The third-order valence-electron chi connectivity index (χ3n) is 6.34. The Morgan fingerprint density at radius 3 is 2.39 bits per heavy atom. The van der Waals surface area contributed by atoms with Crippen molar-refractivity contribution < 1.29 is 59.3 Å². The largest absolute Gasteiger partial charge is 1.00 e. The van der Waals surface area contributed by atoms with Crippen molar-refractivity contribution in [2.45, 2.75) is 32.1 Å². The second-order valence-corrected chi connectivity index (χ2v) is 7.99. The van der Waals surface area contributed by atoms with Crippen LogP contribution in [0.2, 0.25) is 0 Å². The minimum absolute atomic E-state index is 0. The number of ketones is 1. The van der Waals surface area contributed by atoms with Crippen molar-refractivity contribution in [3.8, 4) is 11.1 Å². The second kappa shape index (κ2) is 7.69. The van der Waals surface area contributed by atoms with E-state index in [9.17, 15) is 29.7 Å². The number of amides is 1. The van der Waals surface area contributed by atoms with Crippen LogP contribution in [-0.2, 0) is 16.2 Å². The minimum atomic E-state index is -1.44. The number of hydrogen-bond acceptors (Lipinski definition) is 6. The van der Waals surface area contributed by atoms with Gasteiger partial charge >= 0.3 is 29.6 Å². The summed E-state index contributed by atoms with van der Waals surface area (Å²) in [6.45, 7) is 1.36. The van der Waals surface area contributed by atoms with Crippen LogP contribution < -0.4 is 34.7 Å². The molecule has 8 heteroatoms. The predicted octanol–water partition coefficient (Wildman–Crippen LogP) is -2.53. The van der Waals surface area contributed by atoms with Crippen molar-refractivity contribution >= 4 is 23.2 Å². The Morgan fingerprint density at radius 1 is 1.13 bits per heavy atom. The maximum absolute atomic E-state index is 12.7. The SMILES string of the molecule is C[C@@H](O)[C@H]1C(=O)N2C(C(=O)[O-])=C(c3ccc4c(c3)-c3cc(CO)ccc3C4=O)C[C@H]12.[Na+]. The Balaban J connectivity index is 0.00000231. The average molecular weight is 427 g/mol. The molecule has 2 aromatic carbocycles. The summed E-state index contributed by atoms with van der Waals surface area (Å²) in [6, 6.07) is 9.82. The van der Waals surface area contributed by atoms with Crippen LogP contribution in [0.25, 0.3) is 16.7 Å². The monoisotopic (exact) mass is 427 g/mol. The van der Waals surface area contributed by atoms with E-state index in [0.717, 1.165) is 0 Å². The smallest absolute Gasteiger partial charge is 0.543 e. The zero-order chi connectivity index (χ0) is 21.3. The number of carboxylic acid groups (broad SMARTS) is 1. The van der Waals surface area contributed by atoms with Gasteiger partial charge < -0.3 is 25.0 Å². The van der Waals surface area contributed by atoms with Crippen molar-refractivity contribution in [1.29, 1.82) is 0 Å². The molecule has 7 nitrogen and oxygen atoms in total. The molecule has 2 heterocycles. The summed E-state index contributed by atoms with van der Waals surface area (Å²) in [5, 5.41) is 31.2. The summed E-state index contributed by atoms with van der Waals surface area (Å²) >= 11 is 0. The van der Waals surface area contributed by atoms with E-state index in [1.54, 1.807) is 36.4 Å². The maximum Gasteiger partial charge on any atom is 1.00 e. The van der Waals surface area contributed by atoms with Gasteiger partial charge in [0.05, 0.1) is 36.3 Å². The number of rotatable bonds is 4. The first-order valence-electron chi connectivity index (χ1n) is 9.72. The van der Waals surface area contributed by atoms with Crippen molar-refractivity contribution in [1.82, 2.24) is 4.90 Å². The van der Waals surface area contributed by atoms with Gasteiger partial charge in [-0.25, -0.2) is 0 Å². The van der Waals surface area contributed by atoms with Crippen molar-refractivity contribution in [2.24, 2.45) is 5.92 Å². The molecule has 1 amide bonds. The van der Waals surface area contributed by atoms with Crippen LogP contribution in [0.1, 0.15) is 40.4 Å². The zero-order valence-electron chi connectivity index (χ0n) is 17.1. The molecule has 1 fully saturated rings. The molecule has 0 unspecified atom stereocenters. The summed E-state index contributed by atoms with van der Waals surface area (Å²) in [6.07, 6.45) is -0.580. The van der Waals surface area contributed by atoms with Crippen molar-refractivity contribution in [3.63, 3.8) is 0 Å². The number of carbonyl (C=O) groups is 3. The first-order chi connectivity index (χ1) is 14.3. The average Bonchev–Trinajstić information content (AvgIpc) is 3.20. The summed E-state index contributed by atoms with van der Waals surface area (Å²) in [4.78, 5) is 38.2. The number of carboxylic acids is 1. The van der Waals surface area contributed by atoms with Gasteiger partial charge in [-0.15, -0.1) is 0 Å². The molecule has 2 aliphatic heterocycles. The van der Waals surface area contributed by atoms with Crippen LogP contribution >= 0.6 is 0 Å². The maximum atomic E-state index is 12.7. The Hall–Kier alpha value is -2.29. The van der Waals surface area contributed by atoms with Gasteiger partial charge in [-0.05, 0) is 59.4 Å². The molecule has 152 valence electrons. The van der Waals surface area contributed by atoms with E-state index in [-0.39, 0.29) is 47.6 Å². The van der Waals surface area contributed by atoms with Crippen LogP contribution in [0.4, 0.5) is 0 Å². The van der Waals surface area contributed by atoms with E-state index < -0.39 is 29.9 Å². The van der Waals surface area contributed by atoms with Crippen LogP contribution in [0.5, 0.6) is 0 Å². The fraction of sp³-hybridized carbons (Fsp3) is 0.261. The van der Waals surface area contributed by atoms with Crippen molar-refractivity contribution in [3.05, 3.63) is 64.3 Å². The number of nitrogens with zero attached hydrogens (tertiary/aromatic N) is 1. The van der Waals surface area contributed by atoms with Crippen LogP contribution in [0.3, 0.4) is 0 Å². The molecule has 0 radical (unpaired) electrons. The van der Waals surface area contributed by atoms with Crippen LogP contribution in [0.15, 0.2) is 42.1 Å². The number of aliphatic hydroxyl groups is 2. The third-order valence-corrected chi connectivity index (χ3v) is 6.34. The molecular formula is C23H18NNaO6. The normalized spacial score (nSPS) is 21.8. The van der Waals surface area contributed by atoms with Crippen LogP contribution in [-0.4, -0.2) is 44.9 Å². The summed E-state index contributed by atoms with van der Waals surface area (Å²) in [7, 11) is 0. The van der Waals surface area contributed by atoms with Gasteiger partial charge in [0.1, 0.15) is 0 Å². The van der Waals surface area contributed by atoms with Gasteiger partial charge in [-0.1, -0.05) is 18.2 Å². The Kier molecular flexibility index (Phi) is 5.44. The predicted molar refractivity (Wildman–Crippen MR) is 104 cm³/mol. The van der Waals surface area contributed by atoms with Crippen LogP contribution in [0, 0.1) is 5.92 Å². The van der Waals surface area contributed by atoms with E-state index in [0.29, 0.717) is 45.4 Å². The molecule has 0 spiro atoms. The van der Waals surface area contributed by atoms with E-state index >= 15 is 0 Å². The van der Waals surface area contributed by atoms with Gasteiger partial charge in [0, 0.05) is 11.1 Å². The Morgan fingerprint density at radius 2 is 1.77 bits per heavy atom. The first-order valence-corrected chi connectivity index (χ1v) is 9.72. The molecule has 3 atom stereocenters. The van der Waals surface area contributed by atoms with E-state index in [2.05, 4.69) is 0 Å². The Bertz CT molecular complexity index is 1180. The molecule has 1 saturated heterocycles. The summed E-state index contributed by atoms with van der Waals surface area (Å²) in [5.41, 5.74) is 3.96. The Labute approximate surface area is 200 Å². The van der Waals surface area contributed by atoms with E-state index in [1.807, 2.05) is 0 Å². The fourth-order valence-corrected chi connectivity index (χ4v) is 4.93. The molecule has 2 N–H and O–H groups in total. The molecule has 31 heavy (non-hydrogen) atoms. The molecule has 2 aromatic rings. The number of fused-ring (bicyclic) bond motifs is 4. The van der Waals surface area contributed by atoms with E-state index in [4.69, 9.17) is 0 Å². The fourth-order valence-electron chi connectivity index (χ4n) is 4.93. The number of carbonyl (C=O) groups excluding carboxylic acids is 3.